The zero-order valence-corrected chi connectivity index (χ0v) is 17.7. The van der Waals surface area contributed by atoms with Crippen LogP contribution in [-0.2, 0) is 23.1 Å². The molecule has 0 bridgehead atoms. The molecule has 0 aliphatic carbocycles. The lowest BCUT2D eigenvalue weighted by molar-refractivity contribution is 0.103. The molecule has 7 nitrogen and oxygen atoms in total. The zero-order valence-electron chi connectivity index (χ0n) is 15.3. The molecule has 0 saturated heterocycles. The van der Waals surface area contributed by atoms with Crippen LogP contribution < -0.4 is 15.4 Å². The summed E-state index contributed by atoms with van der Waals surface area (Å²) in [6, 6.07) is 10.3. The molecule has 0 radical (unpaired) electrons. The van der Waals surface area contributed by atoms with Crippen LogP contribution in [0.5, 0.6) is 0 Å². The Labute approximate surface area is 177 Å². The first-order valence-corrected chi connectivity index (χ1v) is 11.7. The summed E-state index contributed by atoms with van der Waals surface area (Å²) in [6.07, 6.45) is 2.79. The maximum Gasteiger partial charge on any atom is 0.265 e. The summed E-state index contributed by atoms with van der Waals surface area (Å²) in [5.41, 5.74) is 3.59. The van der Waals surface area contributed by atoms with Gasteiger partial charge in [-0.1, -0.05) is 17.7 Å². The Morgan fingerprint density at radius 1 is 1.21 bits per heavy atom. The van der Waals surface area contributed by atoms with Crippen LogP contribution in [0.4, 0.5) is 11.4 Å². The SMILES string of the molecule is CS(=O)(=O)Nc1cc(Cl)cc(NC(=O)c2cc3c(s2)CNCc2cccnc2-3)c1. The molecule has 150 valence electrons. The monoisotopic (exact) mass is 448 g/mol. The molecule has 4 rings (SSSR count). The van der Waals surface area contributed by atoms with Crippen LogP contribution in [-0.4, -0.2) is 25.6 Å². The summed E-state index contributed by atoms with van der Waals surface area (Å²) < 4.78 is 25.3. The van der Waals surface area contributed by atoms with Crippen molar-refractivity contribution in [3.63, 3.8) is 0 Å². The van der Waals surface area contributed by atoms with Gasteiger partial charge in [0.2, 0.25) is 10.0 Å². The second-order valence-electron chi connectivity index (χ2n) is 6.62. The number of carbonyl (C=O) groups excluding carboxylic acids is 1. The molecule has 0 saturated carbocycles. The fourth-order valence-electron chi connectivity index (χ4n) is 3.13. The molecule has 1 aliphatic heterocycles. The first-order chi connectivity index (χ1) is 13.8. The molecule has 2 aromatic heterocycles. The predicted octanol–water partition coefficient (Wildman–Crippen LogP) is 3.69. The molecule has 1 aliphatic rings. The maximum absolute atomic E-state index is 12.8. The van der Waals surface area contributed by atoms with Crippen molar-refractivity contribution < 1.29 is 13.2 Å². The molecule has 10 heteroatoms. The Balaban J connectivity index is 1.62. The van der Waals surface area contributed by atoms with Gasteiger partial charge >= 0.3 is 0 Å². The van der Waals surface area contributed by atoms with E-state index in [4.69, 9.17) is 11.6 Å². The van der Waals surface area contributed by atoms with Crippen LogP contribution in [0.1, 0.15) is 20.1 Å². The number of fused-ring (bicyclic) bond motifs is 3. The number of hydrogen-bond donors (Lipinski definition) is 3. The number of hydrogen-bond acceptors (Lipinski definition) is 6. The van der Waals surface area contributed by atoms with E-state index in [0.29, 0.717) is 22.1 Å². The highest BCUT2D eigenvalue weighted by Crippen LogP contribution is 2.35. The minimum atomic E-state index is -3.46. The molecule has 3 heterocycles. The van der Waals surface area contributed by atoms with Crippen molar-refractivity contribution >= 4 is 50.2 Å². The number of thiophene rings is 1. The number of halogens is 1. The summed E-state index contributed by atoms with van der Waals surface area (Å²) >= 11 is 7.46. The summed E-state index contributed by atoms with van der Waals surface area (Å²) in [5.74, 6) is -0.298. The number of anilines is 2. The predicted molar refractivity (Wildman–Crippen MR) is 116 cm³/mol. The van der Waals surface area contributed by atoms with Crippen molar-refractivity contribution in [2.75, 3.05) is 16.3 Å². The third kappa shape index (κ3) is 4.59. The van der Waals surface area contributed by atoms with Crippen molar-refractivity contribution in [3.8, 4) is 11.3 Å². The van der Waals surface area contributed by atoms with Gasteiger partial charge in [-0.25, -0.2) is 8.42 Å². The van der Waals surface area contributed by atoms with Crippen molar-refractivity contribution in [1.82, 2.24) is 10.3 Å². The number of rotatable bonds is 4. The van der Waals surface area contributed by atoms with E-state index in [-0.39, 0.29) is 11.6 Å². The molecule has 29 heavy (non-hydrogen) atoms. The van der Waals surface area contributed by atoms with Gasteiger partial charge in [-0.2, -0.15) is 0 Å². The largest absolute Gasteiger partial charge is 0.321 e. The van der Waals surface area contributed by atoms with Crippen LogP contribution in [0.15, 0.2) is 42.6 Å². The number of nitrogens with zero attached hydrogens (tertiary/aromatic N) is 1. The van der Waals surface area contributed by atoms with Crippen molar-refractivity contribution in [1.29, 1.82) is 0 Å². The van der Waals surface area contributed by atoms with Crippen molar-refractivity contribution in [3.05, 3.63) is 62.9 Å². The number of amides is 1. The van der Waals surface area contributed by atoms with Gasteiger partial charge in [0.05, 0.1) is 22.5 Å². The molecule has 3 aromatic rings. The summed E-state index contributed by atoms with van der Waals surface area (Å²) in [7, 11) is -3.46. The zero-order chi connectivity index (χ0) is 20.6. The van der Waals surface area contributed by atoms with Gasteiger partial charge in [-0.3, -0.25) is 14.5 Å². The summed E-state index contributed by atoms with van der Waals surface area (Å²) in [6.45, 7) is 1.38. The number of pyridine rings is 1. The highest BCUT2D eigenvalue weighted by atomic mass is 35.5. The Bertz CT molecular complexity index is 1210. The normalized spacial score (nSPS) is 13.2. The lowest BCUT2D eigenvalue weighted by Crippen LogP contribution is -2.12. The first-order valence-electron chi connectivity index (χ1n) is 8.66. The van der Waals surface area contributed by atoms with Gasteiger partial charge in [0, 0.05) is 40.4 Å². The minimum absolute atomic E-state index is 0.277. The Kier molecular flexibility index (Phi) is 5.30. The summed E-state index contributed by atoms with van der Waals surface area (Å²) in [4.78, 5) is 18.9. The second-order valence-corrected chi connectivity index (χ2v) is 9.94. The number of benzene rings is 1. The minimum Gasteiger partial charge on any atom is -0.321 e. The molecule has 0 atom stereocenters. The van der Waals surface area contributed by atoms with E-state index in [1.165, 1.54) is 23.5 Å². The molecule has 0 unspecified atom stereocenters. The topological polar surface area (TPSA) is 100 Å². The van der Waals surface area contributed by atoms with Gasteiger partial charge in [0.15, 0.2) is 0 Å². The maximum atomic E-state index is 12.8. The van der Waals surface area contributed by atoms with Crippen LogP contribution in [0.2, 0.25) is 5.02 Å². The standard InChI is InChI=1S/C19H17ClN4O3S2/c1-29(26,27)24-14-6-12(20)5-13(7-14)23-19(25)16-8-15-17(28-16)10-21-9-11-3-2-4-22-18(11)15/h2-8,21,24H,9-10H2,1H3,(H,23,25). The van der Waals surface area contributed by atoms with Gasteiger partial charge in [-0.05, 0) is 35.9 Å². The van der Waals surface area contributed by atoms with Crippen LogP contribution in [0.25, 0.3) is 11.3 Å². The van der Waals surface area contributed by atoms with Gasteiger partial charge < -0.3 is 10.6 Å². The Hall–Kier alpha value is -2.46. The molecular formula is C19H17ClN4O3S2. The first kappa shape index (κ1) is 19.8. The summed E-state index contributed by atoms with van der Waals surface area (Å²) in [5, 5.41) is 6.44. The molecule has 3 N–H and O–H groups in total. The number of nitrogens with one attached hydrogen (secondary N) is 3. The van der Waals surface area contributed by atoms with Crippen LogP contribution in [0.3, 0.4) is 0 Å². The highest BCUT2D eigenvalue weighted by Gasteiger charge is 2.21. The fraction of sp³-hybridized carbons (Fsp3) is 0.158. The average Bonchev–Trinajstić information content (AvgIpc) is 2.97. The fourth-order valence-corrected chi connectivity index (χ4v) is 4.94. The molecule has 0 fully saturated rings. The molecular weight excluding hydrogens is 432 g/mol. The van der Waals surface area contributed by atoms with E-state index in [9.17, 15) is 13.2 Å². The van der Waals surface area contributed by atoms with E-state index in [2.05, 4.69) is 20.3 Å². The van der Waals surface area contributed by atoms with E-state index < -0.39 is 10.0 Å². The third-order valence-corrected chi connectivity index (χ3v) is 6.20. The Morgan fingerprint density at radius 2 is 2.00 bits per heavy atom. The second kappa shape index (κ2) is 7.75. The van der Waals surface area contributed by atoms with E-state index >= 15 is 0 Å². The number of aromatic nitrogens is 1. The molecule has 1 amide bonds. The van der Waals surface area contributed by atoms with Crippen molar-refractivity contribution in [2.45, 2.75) is 13.1 Å². The lowest BCUT2D eigenvalue weighted by Gasteiger charge is -2.09. The average molecular weight is 449 g/mol. The van der Waals surface area contributed by atoms with Crippen LogP contribution in [0, 0.1) is 0 Å². The number of carbonyl (C=O) groups is 1. The third-order valence-electron chi connectivity index (χ3n) is 4.24. The molecule has 1 aromatic carbocycles. The van der Waals surface area contributed by atoms with Gasteiger partial charge in [0.25, 0.3) is 5.91 Å². The van der Waals surface area contributed by atoms with Gasteiger partial charge in [-0.15, -0.1) is 11.3 Å². The number of sulfonamides is 1. The smallest absolute Gasteiger partial charge is 0.265 e. The highest BCUT2D eigenvalue weighted by molar-refractivity contribution is 7.92. The van der Waals surface area contributed by atoms with E-state index in [0.717, 1.165) is 34.5 Å². The Morgan fingerprint density at radius 3 is 2.79 bits per heavy atom. The van der Waals surface area contributed by atoms with Crippen LogP contribution >= 0.6 is 22.9 Å². The molecule has 0 spiro atoms. The quantitative estimate of drug-likeness (QED) is 0.565. The van der Waals surface area contributed by atoms with Crippen molar-refractivity contribution in [2.24, 2.45) is 0 Å². The van der Waals surface area contributed by atoms with E-state index in [1.54, 1.807) is 12.3 Å². The lowest BCUT2D eigenvalue weighted by atomic mass is 10.1. The van der Waals surface area contributed by atoms with Gasteiger partial charge in [0.1, 0.15) is 0 Å². The van der Waals surface area contributed by atoms with E-state index in [1.807, 2.05) is 18.2 Å².